The Kier molecular flexibility index (Phi) is 5.36. The van der Waals surface area contributed by atoms with E-state index in [9.17, 15) is 9.59 Å². The van der Waals surface area contributed by atoms with E-state index < -0.39 is 0 Å². The van der Waals surface area contributed by atoms with Gasteiger partial charge in [0.1, 0.15) is 4.83 Å². The summed E-state index contributed by atoms with van der Waals surface area (Å²) < 4.78 is 0. The highest BCUT2D eigenvalue weighted by Crippen LogP contribution is 2.34. The SMILES string of the molecule is CCC1CCCCN1C(=O)CSc1nc2sc3c(c2c(=O)[nH]1)CCCC3. The van der Waals surface area contributed by atoms with Crippen LogP contribution in [0.25, 0.3) is 10.2 Å². The van der Waals surface area contributed by atoms with Crippen molar-refractivity contribution in [2.45, 2.75) is 69.5 Å². The predicted octanol–water partition coefficient (Wildman–Crippen LogP) is 3.75. The number of rotatable bonds is 4. The first kappa shape index (κ1) is 18.0. The quantitative estimate of drug-likeness (QED) is 0.637. The van der Waals surface area contributed by atoms with Crippen LogP contribution in [0.3, 0.4) is 0 Å². The first-order chi connectivity index (χ1) is 12.7. The lowest BCUT2D eigenvalue weighted by Crippen LogP contribution is -2.44. The van der Waals surface area contributed by atoms with E-state index in [1.807, 2.05) is 4.90 Å². The Morgan fingerprint density at radius 2 is 2.15 bits per heavy atom. The largest absolute Gasteiger partial charge is 0.339 e. The van der Waals surface area contributed by atoms with Crippen LogP contribution in [0, 0.1) is 0 Å². The number of hydrogen-bond acceptors (Lipinski definition) is 5. The molecule has 7 heteroatoms. The number of likely N-dealkylation sites (tertiary alicyclic amines) is 1. The molecule has 1 N–H and O–H groups in total. The number of aromatic nitrogens is 2. The smallest absolute Gasteiger partial charge is 0.260 e. The number of H-pyrrole nitrogens is 1. The molecule has 0 radical (unpaired) electrons. The first-order valence-electron chi connectivity index (χ1n) is 9.64. The van der Waals surface area contributed by atoms with Crippen LogP contribution in [0.5, 0.6) is 0 Å². The number of fused-ring (bicyclic) bond motifs is 3. The van der Waals surface area contributed by atoms with Crippen molar-refractivity contribution < 1.29 is 4.79 Å². The van der Waals surface area contributed by atoms with E-state index in [4.69, 9.17) is 0 Å². The molecule has 1 saturated heterocycles. The lowest BCUT2D eigenvalue weighted by Gasteiger charge is -2.35. The van der Waals surface area contributed by atoms with Crippen molar-refractivity contribution in [1.82, 2.24) is 14.9 Å². The van der Waals surface area contributed by atoms with Gasteiger partial charge < -0.3 is 9.88 Å². The highest BCUT2D eigenvalue weighted by Gasteiger charge is 2.25. The summed E-state index contributed by atoms with van der Waals surface area (Å²) >= 11 is 3.01. The number of piperidine rings is 1. The molecule has 2 aliphatic rings. The molecule has 4 rings (SSSR count). The van der Waals surface area contributed by atoms with Gasteiger partial charge >= 0.3 is 0 Å². The van der Waals surface area contributed by atoms with E-state index in [1.54, 1.807) is 11.3 Å². The van der Waals surface area contributed by atoms with E-state index >= 15 is 0 Å². The zero-order chi connectivity index (χ0) is 18.1. The Labute approximate surface area is 161 Å². The fourth-order valence-electron chi connectivity index (χ4n) is 4.18. The van der Waals surface area contributed by atoms with Crippen LogP contribution < -0.4 is 5.56 Å². The third kappa shape index (κ3) is 3.43. The lowest BCUT2D eigenvalue weighted by atomic mass is 9.97. The average Bonchev–Trinajstić information content (AvgIpc) is 3.05. The van der Waals surface area contributed by atoms with Crippen molar-refractivity contribution >= 4 is 39.2 Å². The van der Waals surface area contributed by atoms with Gasteiger partial charge in [-0.25, -0.2) is 4.98 Å². The normalized spacial score (nSPS) is 20.3. The Balaban J connectivity index is 1.51. The standard InChI is InChI=1S/C19H25N3O2S2/c1-2-12-7-5-6-10-22(12)15(23)11-25-19-20-17(24)16-13-8-3-4-9-14(13)26-18(16)21-19/h12H,2-11H2,1H3,(H,20,21,24). The Morgan fingerprint density at radius 3 is 3.00 bits per heavy atom. The zero-order valence-electron chi connectivity index (χ0n) is 15.2. The predicted molar refractivity (Wildman–Crippen MR) is 107 cm³/mol. The number of carbonyl (C=O) groups excluding carboxylic acids is 1. The van der Waals surface area contributed by atoms with Gasteiger partial charge in [0.25, 0.3) is 5.56 Å². The molecule has 0 spiro atoms. The molecule has 0 aromatic carbocycles. The number of thiophene rings is 1. The summed E-state index contributed by atoms with van der Waals surface area (Å²) in [5.74, 6) is 0.505. The van der Waals surface area contributed by atoms with Gasteiger partial charge in [-0.05, 0) is 56.9 Å². The first-order valence-corrected chi connectivity index (χ1v) is 11.4. The number of thioether (sulfide) groups is 1. The highest BCUT2D eigenvalue weighted by molar-refractivity contribution is 7.99. The van der Waals surface area contributed by atoms with Crippen LogP contribution >= 0.6 is 23.1 Å². The van der Waals surface area contributed by atoms with Crippen molar-refractivity contribution in [3.05, 3.63) is 20.8 Å². The fourth-order valence-corrected chi connectivity index (χ4v) is 6.25. The molecule has 1 fully saturated rings. The van der Waals surface area contributed by atoms with Crippen LogP contribution in [0.2, 0.25) is 0 Å². The highest BCUT2D eigenvalue weighted by atomic mass is 32.2. The monoisotopic (exact) mass is 391 g/mol. The molecule has 5 nitrogen and oxygen atoms in total. The van der Waals surface area contributed by atoms with Gasteiger partial charge in [-0.15, -0.1) is 11.3 Å². The molecule has 1 amide bonds. The van der Waals surface area contributed by atoms with Crippen molar-refractivity contribution in [2.75, 3.05) is 12.3 Å². The molecule has 0 saturated carbocycles. The summed E-state index contributed by atoms with van der Waals surface area (Å²) in [6.07, 6.45) is 8.81. The van der Waals surface area contributed by atoms with Crippen molar-refractivity contribution in [2.24, 2.45) is 0 Å². The number of carbonyl (C=O) groups is 1. The summed E-state index contributed by atoms with van der Waals surface area (Å²) in [5, 5.41) is 1.35. The molecule has 1 unspecified atom stereocenters. The maximum absolute atomic E-state index is 12.6. The summed E-state index contributed by atoms with van der Waals surface area (Å²) in [6.45, 7) is 3.01. The summed E-state index contributed by atoms with van der Waals surface area (Å²) in [4.78, 5) is 36.9. The maximum Gasteiger partial charge on any atom is 0.260 e. The van der Waals surface area contributed by atoms with E-state index in [1.165, 1.54) is 35.0 Å². The molecule has 0 bridgehead atoms. The molecule has 1 atom stereocenters. The minimum Gasteiger partial charge on any atom is -0.339 e. The third-order valence-electron chi connectivity index (χ3n) is 5.55. The topological polar surface area (TPSA) is 66.1 Å². The van der Waals surface area contributed by atoms with Crippen LogP contribution in [0.1, 0.15) is 55.9 Å². The summed E-state index contributed by atoms with van der Waals surface area (Å²) in [7, 11) is 0. The minimum absolute atomic E-state index is 0.0474. The third-order valence-corrected chi connectivity index (χ3v) is 7.60. The molecule has 140 valence electrons. The van der Waals surface area contributed by atoms with Gasteiger partial charge in [-0.1, -0.05) is 18.7 Å². The summed E-state index contributed by atoms with van der Waals surface area (Å²) in [5.41, 5.74) is 1.16. The molecule has 1 aliphatic heterocycles. The van der Waals surface area contributed by atoms with E-state index in [-0.39, 0.29) is 11.5 Å². The Hall–Kier alpha value is -1.34. The number of hydrogen-bond donors (Lipinski definition) is 1. The van der Waals surface area contributed by atoms with Gasteiger partial charge in [0.05, 0.1) is 11.1 Å². The van der Waals surface area contributed by atoms with Gasteiger partial charge in [0.2, 0.25) is 5.91 Å². The number of nitrogens with zero attached hydrogens (tertiary/aromatic N) is 2. The van der Waals surface area contributed by atoms with Gasteiger partial charge in [-0.3, -0.25) is 9.59 Å². The molecule has 2 aromatic rings. The fraction of sp³-hybridized carbons (Fsp3) is 0.632. The van der Waals surface area contributed by atoms with Crippen molar-refractivity contribution in [3.63, 3.8) is 0 Å². The molecule has 3 heterocycles. The van der Waals surface area contributed by atoms with Crippen LogP contribution in [-0.4, -0.2) is 39.1 Å². The minimum atomic E-state index is -0.0474. The Morgan fingerprint density at radius 1 is 1.31 bits per heavy atom. The second kappa shape index (κ2) is 7.72. The van der Waals surface area contributed by atoms with Crippen LogP contribution in [0.4, 0.5) is 0 Å². The molecular formula is C19H25N3O2S2. The van der Waals surface area contributed by atoms with Crippen LogP contribution in [-0.2, 0) is 17.6 Å². The second-order valence-corrected chi connectivity index (χ2v) is 9.24. The number of amides is 1. The van der Waals surface area contributed by atoms with Crippen LogP contribution in [0.15, 0.2) is 9.95 Å². The van der Waals surface area contributed by atoms with Crippen molar-refractivity contribution in [1.29, 1.82) is 0 Å². The molecule has 2 aromatic heterocycles. The second-order valence-electron chi connectivity index (χ2n) is 7.20. The van der Waals surface area contributed by atoms with Gasteiger partial charge in [0.15, 0.2) is 5.16 Å². The average molecular weight is 392 g/mol. The van der Waals surface area contributed by atoms with Gasteiger partial charge in [-0.2, -0.15) is 0 Å². The Bertz CT molecular complexity index is 874. The molecule has 1 aliphatic carbocycles. The lowest BCUT2D eigenvalue weighted by molar-refractivity contribution is -0.132. The number of nitrogens with one attached hydrogen (secondary N) is 1. The van der Waals surface area contributed by atoms with Gasteiger partial charge in [0, 0.05) is 17.5 Å². The maximum atomic E-state index is 12.6. The van der Waals surface area contributed by atoms with E-state index in [0.29, 0.717) is 17.0 Å². The van der Waals surface area contributed by atoms with E-state index in [2.05, 4.69) is 16.9 Å². The van der Waals surface area contributed by atoms with E-state index in [0.717, 1.165) is 55.3 Å². The van der Waals surface area contributed by atoms with Crippen molar-refractivity contribution in [3.8, 4) is 0 Å². The number of aromatic amines is 1. The molecule has 26 heavy (non-hydrogen) atoms. The molecular weight excluding hydrogens is 366 g/mol. The number of aryl methyl sites for hydroxylation is 2. The zero-order valence-corrected chi connectivity index (χ0v) is 16.8. The summed E-state index contributed by atoms with van der Waals surface area (Å²) in [6, 6.07) is 0.371.